The van der Waals surface area contributed by atoms with Crippen LogP contribution in [-0.4, -0.2) is 4.57 Å². The second-order valence-electron chi connectivity index (χ2n) is 3.52. The molecule has 0 fully saturated rings. The first-order chi connectivity index (χ1) is 6.66. The molecule has 0 amide bonds. The van der Waals surface area contributed by atoms with Crippen LogP contribution in [-0.2, 0) is 6.54 Å². The molecule has 1 aromatic carbocycles. The summed E-state index contributed by atoms with van der Waals surface area (Å²) in [5.41, 5.74) is 2.56. The number of hydrogen-bond acceptors (Lipinski definition) is 0. The molecule has 0 aliphatic carbocycles. The third kappa shape index (κ3) is 1.75. The van der Waals surface area contributed by atoms with Crippen molar-refractivity contribution in [2.75, 3.05) is 0 Å². The quantitative estimate of drug-likeness (QED) is 0.762. The van der Waals surface area contributed by atoms with Crippen LogP contribution in [0.25, 0.3) is 10.9 Å². The van der Waals surface area contributed by atoms with Crippen LogP contribution in [0.2, 0.25) is 0 Å². The Labute approximate surface area is 92.2 Å². The highest BCUT2D eigenvalue weighted by molar-refractivity contribution is 9.11. The molecule has 0 atom stereocenters. The van der Waals surface area contributed by atoms with Gasteiger partial charge in [0.2, 0.25) is 0 Å². The zero-order valence-electron chi connectivity index (χ0n) is 8.13. The second kappa shape index (κ2) is 3.62. The van der Waals surface area contributed by atoms with Crippen molar-refractivity contribution in [1.29, 1.82) is 0 Å². The van der Waals surface area contributed by atoms with Crippen molar-refractivity contribution in [3.05, 3.63) is 47.1 Å². The van der Waals surface area contributed by atoms with Crippen LogP contribution in [0.15, 0.2) is 41.5 Å². The summed E-state index contributed by atoms with van der Waals surface area (Å²) in [4.78, 5) is 0. The van der Waals surface area contributed by atoms with Crippen LogP contribution in [0.3, 0.4) is 0 Å². The van der Waals surface area contributed by atoms with Crippen molar-refractivity contribution in [1.82, 2.24) is 4.57 Å². The molecule has 0 unspecified atom stereocenters. The van der Waals surface area contributed by atoms with E-state index in [1.54, 1.807) is 0 Å². The van der Waals surface area contributed by atoms with Crippen LogP contribution >= 0.6 is 15.9 Å². The number of nitrogens with zero attached hydrogens (tertiary/aromatic N) is 1. The Morgan fingerprint density at radius 1 is 1.43 bits per heavy atom. The molecule has 0 spiro atoms. The third-order valence-electron chi connectivity index (χ3n) is 2.27. The number of aryl methyl sites for hydroxylation is 1. The van der Waals surface area contributed by atoms with Crippen molar-refractivity contribution in [3.8, 4) is 0 Å². The molecule has 0 radical (unpaired) electrons. The first kappa shape index (κ1) is 9.53. The molecule has 2 rings (SSSR count). The summed E-state index contributed by atoms with van der Waals surface area (Å²) in [6, 6.07) is 8.61. The fourth-order valence-corrected chi connectivity index (χ4v) is 1.89. The van der Waals surface area contributed by atoms with Gasteiger partial charge in [0.1, 0.15) is 0 Å². The fourth-order valence-electron chi connectivity index (χ4n) is 1.62. The summed E-state index contributed by atoms with van der Waals surface area (Å²) >= 11 is 3.38. The lowest BCUT2D eigenvalue weighted by molar-refractivity contribution is 0.858. The van der Waals surface area contributed by atoms with Crippen LogP contribution in [0.1, 0.15) is 5.56 Å². The van der Waals surface area contributed by atoms with Gasteiger partial charge in [-0.3, -0.25) is 0 Å². The van der Waals surface area contributed by atoms with Crippen LogP contribution < -0.4 is 0 Å². The molecule has 2 aromatic rings. The predicted molar refractivity (Wildman–Crippen MR) is 64.7 cm³/mol. The number of benzene rings is 1. The normalized spacial score (nSPS) is 10.7. The van der Waals surface area contributed by atoms with E-state index in [1.165, 1.54) is 16.5 Å². The Hall–Kier alpha value is -1.02. The lowest BCUT2D eigenvalue weighted by Gasteiger charge is -2.03. The van der Waals surface area contributed by atoms with Gasteiger partial charge in [-0.1, -0.05) is 34.6 Å². The predicted octanol–water partition coefficient (Wildman–Crippen LogP) is 3.86. The molecule has 2 heteroatoms. The summed E-state index contributed by atoms with van der Waals surface area (Å²) in [7, 11) is 0. The van der Waals surface area contributed by atoms with Gasteiger partial charge in [-0.2, -0.15) is 0 Å². The van der Waals surface area contributed by atoms with Gasteiger partial charge >= 0.3 is 0 Å². The zero-order chi connectivity index (χ0) is 10.1. The summed E-state index contributed by atoms with van der Waals surface area (Å²) in [5.74, 6) is 0. The highest BCUT2D eigenvalue weighted by Crippen LogP contribution is 2.19. The number of halogens is 1. The third-order valence-corrected chi connectivity index (χ3v) is 2.52. The number of aromatic nitrogens is 1. The molecule has 1 nitrogen and oxygen atoms in total. The van der Waals surface area contributed by atoms with Gasteiger partial charge in [-0.15, -0.1) is 0 Å². The van der Waals surface area contributed by atoms with E-state index >= 15 is 0 Å². The topological polar surface area (TPSA) is 4.93 Å². The molecule has 72 valence electrons. The molecular weight excluding hydrogens is 238 g/mol. The first-order valence-corrected chi connectivity index (χ1v) is 5.35. The Morgan fingerprint density at radius 3 is 2.93 bits per heavy atom. The SMILES string of the molecule is C=C(Br)Cn1ccc2ccc(C)cc21. The van der Waals surface area contributed by atoms with Crippen molar-refractivity contribution < 1.29 is 0 Å². The summed E-state index contributed by atoms with van der Waals surface area (Å²) < 4.78 is 3.19. The Morgan fingerprint density at radius 2 is 2.21 bits per heavy atom. The maximum absolute atomic E-state index is 3.86. The van der Waals surface area contributed by atoms with Gasteiger partial charge in [0, 0.05) is 16.2 Å². The first-order valence-electron chi connectivity index (χ1n) is 4.55. The summed E-state index contributed by atoms with van der Waals surface area (Å²) in [6.45, 7) is 6.79. The van der Waals surface area contributed by atoms with Gasteiger partial charge in [0.25, 0.3) is 0 Å². The molecule has 14 heavy (non-hydrogen) atoms. The summed E-state index contributed by atoms with van der Waals surface area (Å²) in [6.07, 6.45) is 2.09. The van der Waals surface area contributed by atoms with E-state index in [9.17, 15) is 0 Å². The van der Waals surface area contributed by atoms with E-state index < -0.39 is 0 Å². The minimum Gasteiger partial charge on any atom is -0.343 e. The molecule has 0 saturated carbocycles. The Balaban J connectivity index is 2.55. The summed E-state index contributed by atoms with van der Waals surface area (Å²) in [5, 5.41) is 1.28. The smallest absolute Gasteiger partial charge is 0.0535 e. The van der Waals surface area contributed by atoms with Gasteiger partial charge in [0.15, 0.2) is 0 Å². The molecule has 1 aromatic heterocycles. The molecule has 0 N–H and O–H groups in total. The average Bonchev–Trinajstić information content (AvgIpc) is 2.47. The lowest BCUT2D eigenvalue weighted by Crippen LogP contribution is -1.94. The maximum atomic E-state index is 3.86. The monoisotopic (exact) mass is 249 g/mol. The van der Waals surface area contributed by atoms with E-state index in [4.69, 9.17) is 0 Å². The molecule has 0 aliphatic rings. The molecule has 0 aliphatic heterocycles. The Bertz CT molecular complexity index is 482. The van der Waals surface area contributed by atoms with E-state index in [0.29, 0.717) is 0 Å². The highest BCUT2D eigenvalue weighted by atomic mass is 79.9. The van der Waals surface area contributed by atoms with Gasteiger partial charge < -0.3 is 4.57 Å². The van der Waals surface area contributed by atoms with Gasteiger partial charge in [-0.25, -0.2) is 0 Å². The van der Waals surface area contributed by atoms with E-state index in [2.05, 4.69) is 64.5 Å². The minimum atomic E-state index is 0.826. The fraction of sp³-hybridized carbons (Fsp3) is 0.167. The lowest BCUT2D eigenvalue weighted by atomic mass is 10.2. The number of allylic oxidation sites excluding steroid dienone is 1. The van der Waals surface area contributed by atoms with Gasteiger partial charge in [-0.05, 0) is 30.0 Å². The standard InChI is InChI=1S/C12H12BrN/c1-9-3-4-11-5-6-14(8-10(2)13)12(11)7-9/h3-7H,2,8H2,1H3. The van der Waals surface area contributed by atoms with Crippen molar-refractivity contribution in [3.63, 3.8) is 0 Å². The number of hydrogen-bond donors (Lipinski definition) is 0. The van der Waals surface area contributed by atoms with Crippen molar-refractivity contribution in [2.45, 2.75) is 13.5 Å². The van der Waals surface area contributed by atoms with Crippen LogP contribution in [0.5, 0.6) is 0 Å². The highest BCUT2D eigenvalue weighted by Gasteiger charge is 2.00. The number of rotatable bonds is 2. The average molecular weight is 250 g/mol. The van der Waals surface area contributed by atoms with Crippen molar-refractivity contribution in [2.24, 2.45) is 0 Å². The van der Waals surface area contributed by atoms with E-state index in [0.717, 1.165) is 11.0 Å². The largest absolute Gasteiger partial charge is 0.343 e. The van der Waals surface area contributed by atoms with E-state index in [-0.39, 0.29) is 0 Å². The molecule has 0 saturated heterocycles. The maximum Gasteiger partial charge on any atom is 0.0535 e. The number of fused-ring (bicyclic) bond motifs is 1. The van der Waals surface area contributed by atoms with Crippen LogP contribution in [0.4, 0.5) is 0 Å². The van der Waals surface area contributed by atoms with Crippen LogP contribution in [0, 0.1) is 6.92 Å². The zero-order valence-corrected chi connectivity index (χ0v) is 9.71. The Kier molecular flexibility index (Phi) is 2.46. The van der Waals surface area contributed by atoms with Crippen molar-refractivity contribution >= 4 is 26.8 Å². The molecule has 0 bridgehead atoms. The second-order valence-corrected chi connectivity index (χ2v) is 4.64. The molecular formula is C12H12BrN. The van der Waals surface area contributed by atoms with E-state index in [1.807, 2.05) is 0 Å². The molecule has 1 heterocycles. The van der Waals surface area contributed by atoms with Gasteiger partial charge in [0.05, 0.1) is 6.54 Å². The minimum absolute atomic E-state index is 0.826.